The summed E-state index contributed by atoms with van der Waals surface area (Å²) in [4.78, 5) is 4.23. The van der Waals surface area contributed by atoms with E-state index >= 15 is 0 Å². The molecule has 0 aliphatic carbocycles. The fourth-order valence-corrected chi connectivity index (χ4v) is 2.74. The summed E-state index contributed by atoms with van der Waals surface area (Å²) in [6.45, 7) is 0.306. The van der Waals surface area contributed by atoms with Gasteiger partial charge in [0.15, 0.2) is 11.6 Å². The molecule has 1 aromatic heterocycles. The number of hydrogen-bond donors (Lipinski definition) is 1. The van der Waals surface area contributed by atoms with Crippen molar-refractivity contribution < 1.29 is 8.78 Å². The first-order valence-electron chi connectivity index (χ1n) is 4.42. The number of halogens is 3. The van der Waals surface area contributed by atoms with E-state index in [-0.39, 0.29) is 0 Å². The molecule has 2 rings (SSSR count). The van der Waals surface area contributed by atoms with E-state index < -0.39 is 11.6 Å². The zero-order valence-corrected chi connectivity index (χ0v) is 10.4. The lowest BCUT2D eigenvalue weighted by Gasteiger charge is -1.97. The van der Waals surface area contributed by atoms with Gasteiger partial charge in [-0.25, -0.2) is 13.8 Å². The van der Waals surface area contributed by atoms with Crippen molar-refractivity contribution in [2.45, 2.75) is 6.54 Å². The van der Waals surface area contributed by atoms with Crippen LogP contribution in [-0.2, 0) is 6.54 Å². The summed E-state index contributed by atoms with van der Waals surface area (Å²) < 4.78 is 26.6. The van der Waals surface area contributed by atoms with Gasteiger partial charge in [0.25, 0.3) is 0 Å². The number of aromatic nitrogens is 1. The summed E-state index contributed by atoms with van der Waals surface area (Å²) >= 11 is 4.66. The predicted octanol–water partition coefficient (Wildman–Crippen LogP) is 3.31. The minimum atomic E-state index is -0.877. The lowest BCUT2D eigenvalue weighted by molar-refractivity contribution is 0.509. The molecule has 0 unspecified atom stereocenters. The Bertz CT molecular complexity index is 528. The van der Waals surface area contributed by atoms with E-state index in [4.69, 9.17) is 5.73 Å². The second kappa shape index (κ2) is 4.57. The van der Waals surface area contributed by atoms with Crippen LogP contribution in [0.4, 0.5) is 8.78 Å². The molecular formula is C10H7BrF2N2S. The van der Waals surface area contributed by atoms with E-state index in [1.54, 1.807) is 0 Å². The van der Waals surface area contributed by atoms with Gasteiger partial charge in [-0.2, -0.15) is 0 Å². The van der Waals surface area contributed by atoms with Gasteiger partial charge in [0.2, 0.25) is 0 Å². The topological polar surface area (TPSA) is 38.9 Å². The number of thiazole rings is 1. The van der Waals surface area contributed by atoms with Crippen LogP contribution in [-0.4, -0.2) is 4.98 Å². The average molecular weight is 305 g/mol. The molecule has 84 valence electrons. The van der Waals surface area contributed by atoms with Crippen LogP contribution >= 0.6 is 27.3 Å². The summed E-state index contributed by atoms with van der Waals surface area (Å²) in [5.41, 5.74) is 6.73. The Hall–Kier alpha value is -0.850. The Morgan fingerprint density at radius 3 is 2.62 bits per heavy atom. The maximum absolute atomic E-state index is 13.0. The number of rotatable bonds is 2. The SMILES string of the molecule is NCc1nc(-c2ccc(F)c(F)c2)sc1Br. The summed E-state index contributed by atoms with van der Waals surface area (Å²) in [6.07, 6.45) is 0. The second-order valence-corrected chi connectivity index (χ2v) is 5.39. The summed E-state index contributed by atoms with van der Waals surface area (Å²) in [5.74, 6) is -1.74. The normalized spacial score (nSPS) is 10.8. The van der Waals surface area contributed by atoms with Crippen LogP contribution in [0.3, 0.4) is 0 Å². The first-order chi connectivity index (χ1) is 7.61. The third-order valence-electron chi connectivity index (χ3n) is 2.01. The summed E-state index contributed by atoms with van der Waals surface area (Å²) in [5, 5.41) is 0.617. The molecule has 0 saturated carbocycles. The lowest BCUT2D eigenvalue weighted by atomic mass is 10.2. The molecule has 0 aliphatic rings. The molecule has 0 saturated heterocycles. The third kappa shape index (κ3) is 2.14. The highest BCUT2D eigenvalue weighted by Gasteiger charge is 2.11. The number of benzene rings is 1. The zero-order valence-electron chi connectivity index (χ0n) is 8.01. The molecule has 6 heteroatoms. The van der Waals surface area contributed by atoms with E-state index in [2.05, 4.69) is 20.9 Å². The molecule has 2 aromatic rings. The maximum Gasteiger partial charge on any atom is 0.159 e. The Labute approximate surface area is 103 Å². The van der Waals surface area contributed by atoms with E-state index in [0.29, 0.717) is 22.8 Å². The highest BCUT2D eigenvalue weighted by Crippen LogP contribution is 2.32. The zero-order chi connectivity index (χ0) is 11.7. The molecule has 0 fully saturated rings. The molecule has 0 amide bonds. The molecule has 0 radical (unpaired) electrons. The highest BCUT2D eigenvalue weighted by atomic mass is 79.9. The molecule has 16 heavy (non-hydrogen) atoms. The minimum Gasteiger partial charge on any atom is -0.325 e. The number of nitrogens with zero attached hydrogens (tertiary/aromatic N) is 1. The van der Waals surface area contributed by atoms with Gasteiger partial charge in [0.05, 0.1) is 9.48 Å². The molecule has 0 bridgehead atoms. The van der Waals surface area contributed by atoms with Gasteiger partial charge in [-0.05, 0) is 34.1 Å². The third-order valence-corrected chi connectivity index (χ3v) is 3.89. The molecule has 2 N–H and O–H groups in total. The standard InChI is InChI=1S/C10H7BrF2N2S/c11-9-8(4-14)15-10(16-9)5-1-2-6(12)7(13)3-5/h1-3H,4,14H2. The molecule has 0 aliphatic heterocycles. The van der Waals surface area contributed by atoms with Crippen LogP contribution < -0.4 is 5.73 Å². The van der Waals surface area contributed by atoms with Gasteiger partial charge >= 0.3 is 0 Å². The van der Waals surface area contributed by atoms with Crippen molar-refractivity contribution >= 4 is 27.3 Å². The monoisotopic (exact) mass is 304 g/mol. The summed E-state index contributed by atoms with van der Waals surface area (Å²) in [7, 11) is 0. The van der Waals surface area contributed by atoms with Crippen molar-refractivity contribution in [3.63, 3.8) is 0 Å². The van der Waals surface area contributed by atoms with E-state index in [1.165, 1.54) is 17.4 Å². The Balaban J connectivity index is 2.46. The van der Waals surface area contributed by atoms with Crippen molar-refractivity contribution in [2.75, 3.05) is 0 Å². The minimum absolute atomic E-state index is 0.306. The molecule has 0 atom stereocenters. The van der Waals surface area contributed by atoms with Crippen LogP contribution in [0.1, 0.15) is 5.69 Å². The van der Waals surface area contributed by atoms with Crippen LogP contribution in [0, 0.1) is 11.6 Å². The van der Waals surface area contributed by atoms with Crippen molar-refractivity contribution in [1.29, 1.82) is 0 Å². The Morgan fingerprint density at radius 1 is 1.31 bits per heavy atom. The Kier molecular flexibility index (Phi) is 3.32. The van der Waals surface area contributed by atoms with Crippen LogP contribution in [0.2, 0.25) is 0 Å². The predicted molar refractivity (Wildman–Crippen MR) is 63.1 cm³/mol. The number of hydrogen-bond acceptors (Lipinski definition) is 3. The van der Waals surface area contributed by atoms with Gasteiger partial charge < -0.3 is 5.73 Å². The fraction of sp³-hybridized carbons (Fsp3) is 0.100. The maximum atomic E-state index is 13.0. The van der Waals surface area contributed by atoms with Gasteiger partial charge in [-0.3, -0.25) is 0 Å². The van der Waals surface area contributed by atoms with Gasteiger partial charge in [-0.1, -0.05) is 0 Å². The Morgan fingerprint density at radius 2 is 2.06 bits per heavy atom. The summed E-state index contributed by atoms with van der Waals surface area (Å²) in [6, 6.07) is 3.70. The lowest BCUT2D eigenvalue weighted by Crippen LogP contribution is -1.96. The largest absolute Gasteiger partial charge is 0.325 e. The van der Waals surface area contributed by atoms with Gasteiger partial charge in [0, 0.05) is 12.1 Å². The molecule has 0 spiro atoms. The van der Waals surface area contributed by atoms with E-state index in [9.17, 15) is 8.78 Å². The van der Waals surface area contributed by atoms with Crippen molar-refractivity contribution in [3.8, 4) is 10.6 Å². The van der Waals surface area contributed by atoms with Crippen LogP contribution in [0.15, 0.2) is 22.0 Å². The molecule has 2 nitrogen and oxygen atoms in total. The average Bonchev–Trinajstić information content (AvgIpc) is 2.64. The second-order valence-electron chi connectivity index (χ2n) is 3.07. The van der Waals surface area contributed by atoms with Crippen molar-refractivity contribution in [1.82, 2.24) is 4.98 Å². The van der Waals surface area contributed by atoms with Crippen molar-refractivity contribution in [2.24, 2.45) is 5.73 Å². The molecule has 1 aromatic carbocycles. The van der Waals surface area contributed by atoms with Gasteiger partial charge in [-0.15, -0.1) is 11.3 Å². The first kappa shape index (κ1) is 11.6. The quantitative estimate of drug-likeness (QED) is 0.924. The van der Waals surface area contributed by atoms with Crippen LogP contribution in [0.5, 0.6) is 0 Å². The van der Waals surface area contributed by atoms with E-state index in [0.717, 1.165) is 15.9 Å². The van der Waals surface area contributed by atoms with Crippen LogP contribution in [0.25, 0.3) is 10.6 Å². The molecular weight excluding hydrogens is 298 g/mol. The van der Waals surface area contributed by atoms with Crippen molar-refractivity contribution in [3.05, 3.63) is 39.3 Å². The fourth-order valence-electron chi connectivity index (χ4n) is 1.21. The smallest absolute Gasteiger partial charge is 0.159 e. The van der Waals surface area contributed by atoms with Gasteiger partial charge in [0.1, 0.15) is 5.01 Å². The first-order valence-corrected chi connectivity index (χ1v) is 6.03. The van der Waals surface area contributed by atoms with E-state index in [1.807, 2.05) is 0 Å². The molecule has 1 heterocycles. The number of nitrogens with two attached hydrogens (primary N) is 1. The highest BCUT2D eigenvalue weighted by molar-refractivity contribution is 9.11.